The van der Waals surface area contributed by atoms with Gasteiger partial charge in [-0.25, -0.2) is 0 Å². The molecule has 0 aromatic heterocycles. The van der Waals surface area contributed by atoms with Crippen molar-refractivity contribution in [3.05, 3.63) is 24.3 Å². The first-order chi connectivity index (χ1) is 6.26. The summed E-state index contributed by atoms with van der Waals surface area (Å²) in [6.07, 6.45) is 0. The molecule has 2 nitrogen and oxygen atoms in total. The van der Waals surface area contributed by atoms with Crippen LogP contribution in [0.4, 0.5) is 5.69 Å². The molecule has 0 aliphatic carbocycles. The lowest BCUT2D eigenvalue weighted by Gasteiger charge is -2.04. The van der Waals surface area contributed by atoms with Crippen LogP contribution >= 0.6 is 12.6 Å². The second-order valence-corrected chi connectivity index (χ2v) is 3.03. The molecule has 0 aliphatic heterocycles. The summed E-state index contributed by atoms with van der Waals surface area (Å²) in [4.78, 5) is 1.00. The molecule has 0 saturated heterocycles. The third-order valence-electron chi connectivity index (χ3n) is 1.27. The summed E-state index contributed by atoms with van der Waals surface area (Å²) in [6, 6.07) is 7.97. The molecule has 0 aliphatic rings. The van der Waals surface area contributed by atoms with E-state index in [1.54, 1.807) is 0 Å². The maximum absolute atomic E-state index is 4.27. The van der Waals surface area contributed by atoms with E-state index >= 15 is 0 Å². The summed E-state index contributed by atoms with van der Waals surface area (Å²) in [5.41, 5.74) is 1.10. The molecule has 13 heavy (non-hydrogen) atoms. The average molecular weight is 198 g/mol. The fraction of sp³-hybridized carbons (Fsp3) is 0.400. The van der Waals surface area contributed by atoms with Crippen LogP contribution in [0.15, 0.2) is 29.2 Å². The van der Waals surface area contributed by atoms with Gasteiger partial charge in [0.2, 0.25) is 0 Å². The maximum Gasteiger partial charge on any atom is 0.0475 e. The van der Waals surface area contributed by atoms with E-state index in [0.29, 0.717) is 0 Å². The van der Waals surface area contributed by atoms with Gasteiger partial charge in [-0.15, -0.1) is 12.6 Å². The minimum Gasteiger partial charge on any atom is -0.384 e. The number of benzene rings is 1. The molecule has 3 heteroatoms. The lowest BCUT2D eigenvalue weighted by atomic mass is 10.3. The Balaban J connectivity index is 0.000000424. The summed E-state index contributed by atoms with van der Waals surface area (Å²) >= 11 is 4.27. The van der Waals surface area contributed by atoms with Gasteiger partial charge in [0, 0.05) is 17.1 Å². The first-order valence-electron chi connectivity index (χ1n) is 4.36. The van der Waals surface area contributed by atoms with E-state index in [9.17, 15) is 0 Å². The SMILES string of the molecule is CCNc1ccccc1S.CNC. The topological polar surface area (TPSA) is 24.1 Å². The second-order valence-electron chi connectivity index (χ2n) is 2.55. The largest absolute Gasteiger partial charge is 0.384 e. The van der Waals surface area contributed by atoms with E-state index < -0.39 is 0 Å². The number of para-hydroxylation sites is 1. The maximum atomic E-state index is 4.27. The Kier molecular flexibility index (Phi) is 7.54. The number of anilines is 1. The highest BCUT2D eigenvalue weighted by Crippen LogP contribution is 2.17. The molecule has 2 N–H and O–H groups in total. The third kappa shape index (κ3) is 5.55. The van der Waals surface area contributed by atoms with Gasteiger partial charge in [0.25, 0.3) is 0 Å². The summed E-state index contributed by atoms with van der Waals surface area (Å²) in [5.74, 6) is 0. The third-order valence-corrected chi connectivity index (χ3v) is 1.66. The lowest BCUT2D eigenvalue weighted by Crippen LogP contribution is -1.96. The number of hydrogen-bond donors (Lipinski definition) is 3. The van der Waals surface area contributed by atoms with Crippen LogP contribution < -0.4 is 10.6 Å². The van der Waals surface area contributed by atoms with Gasteiger partial charge in [0.15, 0.2) is 0 Å². The molecule has 0 fully saturated rings. The van der Waals surface area contributed by atoms with Crippen molar-refractivity contribution in [2.75, 3.05) is 26.0 Å². The van der Waals surface area contributed by atoms with Crippen molar-refractivity contribution in [2.24, 2.45) is 0 Å². The molecule has 74 valence electrons. The van der Waals surface area contributed by atoms with Gasteiger partial charge in [-0.1, -0.05) is 12.1 Å². The van der Waals surface area contributed by atoms with Crippen LogP contribution in [0.2, 0.25) is 0 Å². The van der Waals surface area contributed by atoms with E-state index in [1.165, 1.54) is 0 Å². The molecular formula is C10H18N2S. The zero-order valence-electron chi connectivity index (χ0n) is 8.46. The fourth-order valence-corrected chi connectivity index (χ4v) is 1.05. The summed E-state index contributed by atoms with van der Waals surface area (Å²) in [7, 11) is 3.75. The first kappa shape index (κ1) is 12.3. The van der Waals surface area contributed by atoms with E-state index in [2.05, 4.69) is 30.2 Å². The van der Waals surface area contributed by atoms with Crippen molar-refractivity contribution in [1.82, 2.24) is 5.32 Å². The van der Waals surface area contributed by atoms with Gasteiger partial charge in [0.05, 0.1) is 0 Å². The molecule has 0 atom stereocenters. The molecule has 0 unspecified atom stereocenters. The average Bonchev–Trinajstić information content (AvgIpc) is 2.11. The van der Waals surface area contributed by atoms with Gasteiger partial charge in [-0.05, 0) is 33.2 Å². The predicted molar refractivity (Wildman–Crippen MR) is 62.8 cm³/mol. The number of hydrogen-bond acceptors (Lipinski definition) is 3. The van der Waals surface area contributed by atoms with Crippen molar-refractivity contribution in [1.29, 1.82) is 0 Å². The quantitative estimate of drug-likeness (QED) is 0.635. The molecule has 0 spiro atoms. The Morgan fingerprint density at radius 1 is 1.23 bits per heavy atom. The molecule has 1 aromatic rings. The minimum atomic E-state index is 0.942. The monoisotopic (exact) mass is 198 g/mol. The van der Waals surface area contributed by atoms with Crippen LogP contribution in [0.5, 0.6) is 0 Å². The van der Waals surface area contributed by atoms with Crippen molar-refractivity contribution in [3.63, 3.8) is 0 Å². The Labute approximate surface area is 86.2 Å². The highest BCUT2D eigenvalue weighted by molar-refractivity contribution is 7.80. The zero-order chi connectivity index (χ0) is 10.1. The fourth-order valence-electron chi connectivity index (χ4n) is 0.814. The van der Waals surface area contributed by atoms with Gasteiger partial charge >= 0.3 is 0 Å². The van der Waals surface area contributed by atoms with Crippen LogP contribution in [0.25, 0.3) is 0 Å². The van der Waals surface area contributed by atoms with Gasteiger partial charge in [0.1, 0.15) is 0 Å². The van der Waals surface area contributed by atoms with Crippen LogP contribution in [0.1, 0.15) is 6.92 Å². The molecule has 0 radical (unpaired) electrons. The van der Waals surface area contributed by atoms with Gasteiger partial charge in [-0.3, -0.25) is 0 Å². The Bertz CT molecular complexity index is 226. The first-order valence-corrected chi connectivity index (χ1v) is 4.81. The van der Waals surface area contributed by atoms with Gasteiger partial charge < -0.3 is 10.6 Å². The standard InChI is InChI=1S/C8H11NS.C2H7N/c1-2-9-7-5-3-4-6-8(7)10;1-3-2/h3-6,9-10H,2H2,1H3;3H,1-2H3. The number of thiol groups is 1. The molecule has 0 heterocycles. The number of nitrogens with one attached hydrogen (secondary N) is 2. The number of rotatable bonds is 2. The van der Waals surface area contributed by atoms with E-state index in [-0.39, 0.29) is 0 Å². The minimum absolute atomic E-state index is 0.942. The van der Waals surface area contributed by atoms with E-state index in [1.807, 2.05) is 38.4 Å². The molecular weight excluding hydrogens is 180 g/mol. The molecule has 1 aromatic carbocycles. The van der Waals surface area contributed by atoms with Crippen molar-refractivity contribution < 1.29 is 0 Å². The summed E-state index contributed by atoms with van der Waals surface area (Å²) in [6.45, 7) is 3.01. The molecule has 0 bridgehead atoms. The Hall–Kier alpha value is -0.670. The van der Waals surface area contributed by atoms with Crippen LogP contribution in [0, 0.1) is 0 Å². The zero-order valence-corrected chi connectivity index (χ0v) is 9.36. The Morgan fingerprint density at radius 2 is 1.77 bits per heavy atom. The lowest BCUT2D eigenvalue weighted by molar-refractivity contribution is 1.02. The van der Waals surface area contributed by atoms with Crippen molar-refractivity contribution in [3.8, 4) is 0 Å². The van der Waals surface area contributed by atoms with Crippen LogP contribution in [0.3, 0.4) is 0 Å². The second kappa shape index (κ2) is 7.95. The Morgan fingerprint density at radius 3 is 2.23 bits per heavy atom. The van der Waals surface area contributed by atoms with Crippen molar-refractivity contribution >= 4 is 18.3 Å². The van der Waals surface area contributed by atoms with Crippen molar-refractivity contribution in [2.45, 2.75) is 11.8 Å². The highest BCUT2D eigenvalue weighted by atomic mass is 32.1. The molecule has 0 saturated carbocycles. The normalized spacial score (nSPS) is 8.62. The molecule has 1 rings (SSSR count). The van der Waals surface area contributed by atoms with Gasteiger partial charge in [-0.2, -0.15) is 0 Å². The smallest absolute Gasteiger partial charge is 0.0475 e. The van der Waals surface area contributed by atoms with Crippen LogP contribution in [-0.4, -0.2) is 20.6 Å². The van der Waals surface area contributed by atoms with E-state index in [4.69, 9.17) is 0 Å². The highest BCUT2D eigenvalue weighted by Gasteiger charge is 1.91. The molecule has 0 amide bonds. The van der Waals surface area contributed by atoms with E-state index in [0.717, 1.165) is 17.1 Å². The predicted octanol–water partition coefficient (Wildman–Crippen LogP) is 2.24. The summed E-state index contributed by atoms with van der Waals surface area (Å²) in [5, 5.41) is 5.95. The summed E-state index contributed by atoms with van der Waals surface area (Å²) < 4.78 is 0. The van der Waals surface area contributed by atoms with Crippen LogP contribution in [-0.2, 0) is 0 Å².